The minimum atomic E-state index is -0.189. The Bertz CT molecular complexity index is 1470. The molecule has 0 aliphatic heterocycles. The van der Waals surface area contributed by atoms with Gasteiger partial charge < -0.3 is 14.2 Å². The molecule has 0 atom stereocenters. The number of hydrogen-bond donors (Lipinski definition) is 0. The van der Waals surface area contributed by atoms with Crippen molar-refractivity contribution in [2.45, 2.75) is 131 Å². The molecule has 0 unspecified atom stereocenters. The molecule has 4 aromatic rings. The standard InChI is InChI=1S/C32H49N9O3/c1-13-32(11,12)41-18-25(35-38-41)21-44-28-26(42-19-23-16-39(36-33-23)30(5,6)7)14-22(29(2,3)4)15-27(28)43-20-24-17-40(37-34-24)31(8,9)10/h14-18H,13,19-21H2,1-12H3. The van der Waals surface area contributed by atoms with Crippen molar-refractivity contribution in [1.82, 2.24) is 45.0 Å². The molecule has 240 valence electrons. The summed E-state index contributed by atoms with van der Waals surface area (Å²) in [5.41, 5.74) is 2.42. The van der Waals surface area contributed by atoms with Crippen LogP contribution in [0.1, 0.15) is 112 Å². The zero-order valence-corrected chi connectivity index (χ0v) is 28.5. The van der Waals surface area contributed by atoms with Gasteiger partial charge in [0.25, 0.3) is 0 Å². The van der Waals surface area contributed by atoms with Gasteiger partial charge >= 0.3 is 0 Å². The van der Waals surface area contributed by atoms with E-state index in [-0.39, 0.29) is 41.9 Å². The van der Waals surface area contributed by atoms with Crippen molar-refractivity contribution in [1.29, 1.82) is 0 Å². The predicted octanol–water partition coefficient (Wildman–Crippen LogP) is 6.15. The lowest BCUT2D eigenvalue weighted by Crippen LogP contribution is -2.25. The van der Waals surface area contributed by atoms with E-state index in [4.69, 9.17) is 14.2 Å². The molecule has 0 radical (unpaired) electrons. The molecule has 0 aliphatic rings. The lowest BCUT2D eigenvalue weighted by atomic mass is 9.86. The Labute approximate surface area is 261 Å². The van der Waals surface area contributed by atoms with Crippen molar-refractivity contribution < 1.29 is 14.2 Å². The van der Waals surface area contributed by atoms with Crippen LogP contribution in [0.3, 0.4) is 0 Å². The third kappa shape index (κ3) is 7.95. The number of benzene rings is 1. The van der Waals surface area contributed by atoms with E-state index in [9.17, 15) is 0 Å². The Morgan fingerprint density at radius 1 is 0.568 bits per heavy atom. The topological polar surface area (TPSA) is 120 Å². The Morgan fingerprint density at radius 3 is 1.32 bits per heavy atom. The van der Waals surface area contributed by atoms with E-state index in [1.807, 2.05) is 44.8 Å². The van der Waals surface area contributed by atoms with Crippen molar-refractivity contribution >= 4 is 0 Å². The Balaban J connectivity index is 1.68. The molecular formula is C32H49N9O3. The molecule has 0 amide bonds. The SMILES string of the molecule is CCC(C)(C)n1cc(COc2c(OCc3cn(C(C)(C)C)nn3)cc(C(C)(C)C)cc2OCc2cn(C(C)(C)C)nn2)nn1. The number of nitrogens with zero attached hydrogens (tertiary/aromatic N) is 9. The summed E-state index contributed by atoms with van der Waals surface area (Å²) in [5.74, 6) is 1.54. The van der Waals surface area contributed by atoms with E-state index >= 15 is 0 Å². The summed E-state index contributed by atoms with van der Waals surface area (Å²) in [6.45, 7) is 25.9. The van der Waals surface area contributed by atoms with Gasteiger partial charge in [-0.3, -0.25) is 0 Å². The second-order valence-corrected chi connectivity index (χ2v) is 14.9. The van der Waals surface area contributed by atoms with Crippen LogP contribution in [0.5, 0.6) is 17.2 Å². The van der Waals surface area contributed by atoms with Gasteiger partial charge in [-0.25, -0.2) is 14.0 Å². The molecular weight excluding hydrogens is 558 g/mol. The summed E-state index contributed by atoms with van der Waals surface area (Å²) in [4.78, 5) is 0. The van der Waals surface area contributed by atoms with Crippen molar-refractivity contribution in [3.8, 4) is 17.2 Å². The second-order valence-electron chi connectivity index (χ2n) is 14.9. The maximum Gasteiger partial charge on any atom is 0.204 e. The fourth-order valence-electron chi connectivity index (χ4n) is 4.02. The normalized spacial score (nSPS) is 12.9. The Morgan fingerprint density at radius 2 is 0.955 bits per heavy atom. The highest BCUT2D eigenvalue weighted by atomic mass is 16.5. The van der Waals surface area contributed by atoms with Crippen LogP contribution < -0.4 is 14.2 Å². The van der Waals surface area contributed by atoms with Crippen molar-refractivity contribution in [2.75, 3.05) is 0 Å². The van der Waals surface area contributed by atoms with Crippen LogP contribution in [0.4, 0.5) is 0 Å². The van der Waals surface area contributed by atoms with Gasteiger partial charge in [0, 0.05) is 0 Å². The summed E-state index contributed by atoms with van der Waals surface area (Å²) in [6.07, 6.45) is 6.64. The molecule has 0 bridgehead atoms. The van der Waals surface area contributed by atoms with Gasteiger partial charge in [0.05, 0.1) is 35.2 Å². The highest BCUT2D eigenvalue weighted by Gasteiger charge is 2.25. The fraction of sp³-hybridized carbons (Fsp3) is 0.625. The molecule has 0 saturated carbocycles. The molecule has 0 aliphatic carbocycles. The van der Waals surface area contributed by atoms with Gasteiger partial charge in [-0.15, -0.1) is 15.3 Å². The fourth-order valence-corrected chi connectivity index (χ4v) is 4.02. The highest BCUT2D eigenvalue weighted by Crippen LogP contribution is 2.43. The van der Waals surface area contributed by atoms with E-state index < -0.39 is 0 Å². The summed E-state index contributed by atoms with van der Waals surface area (Å²) < 4.78 is 24.8. The van der Waals surface area contributed by atoms with Gasteiger partial charge in [0.2, 0.25) is 5.75 Å². The zero-order valence-electron chi connectivity index (χ0n) is 28.5. The van der Waals surface area contributed by atoms with Crippen LogP contribution >= 0.6 is 0 Å². The van der Waals surface area contributed by atoms with E-state index in [2.05, 4.69) is 114 Å². The molecule has 3 heterocycles. The van der Waals surface area contributed by atoms with Crippen LogP contribution in [-0.2, 0) is 41.9 Å². The number of aromatic nitrogens is 9. The number of rotatable bonds is 11. The lowest BCUT2D eigenvalue weighted by molar-refractivity contribution is 0.225. The molecule has 0 N–H and O–H groups in total. The largest absolute Gasteiger partial charge is 0.483 e. The van der Waals surface area contributed by atoms with Crippen molar-refractivity contribution in [3.05, 3.63) is 53.4 Å². The maximum absolute atomic E-state index is 6.43. The second kappa shape index (κ2) is 12.2. The van der Waals surface area contributed by atoms with E-state index in [0.29, 0.717) is 34.3 Å². The lowest BCUT2D eigenvalue weighted by Gasteiger charge is -2.24. The van der Waals surface area contributed by atoms with E-state index in [1.165, 1.54) is 0 Å². The van der Waals surface area contributed by atoms with Crippen molar-refractivity contribution in [3.63, 3.8) is 0 Å². The average molecular weight is 608 g/mol. The number of ether oxygens (including phenoxy) is 3. The quantitative estimate of drug-likeness (QED) is 0.198. The van der Waals surface area contributed by atoms with Crippen LogP contribution in [0.25, 0.3) is 0 Å². The summed E-state index contributed by atoms with van der Waals surface area (Å²) in [7, 11) is 0. The highest BCUT2D eigenvalue weighted by molar-refractivity contribution is 5.55. The third-order valence-corrected chi connectivity index (χ3v) is 7.48. The van der Waals surface area contributed by atoms with Gasteiger partial charge in [-0.2, -0.15) is 0 Å². The van der Waals surface area contributed by atoms with E-state index in [1.54, 1.807) is 0 Å². The number of hydrogen-bond acceptors (Lipinski definition) is 9. The molecule has 44 heavy (non-hydrogen) atoms. The first-order valence-corrected chi connectivity index (χ1v) is 15.2. The molecule has 1 aromatic carbocycles. The first kappa shape index (κ1) is 32.9. The monoisotopic (exact) mass is 607 g/mol. The molecule has 0 fully saturated rings. The van der Waals surface area contributed by atoms with Gasteiger partial charge in [-0.05, 0) is 84.9 Å². The van der Waals surface area contributed by atoms with Crippen LogP contribution in [0.15, 0.2) is 30.7 Å². The maximum atomic E-state index is 6.43. The summed E-state index contributed by atoms with van der Waals surface area (Å²) in [5, 5.41) is 25.9. The van der Waals surface area contributed by atoms with Gasteiger partial charge in [-0.1, -0.05) is 43.3 Å². The smallest absolute Gasteiger partial charge is 0.204 e. The Kier molecular flexibility index (Phi) is 9.14. The van der Waals surface area contributed by atoms with Crippen LogP contribution in [0, 0.1) is 0 Å². The zero-order chi connectivity index (χ0) is 32.5. The van der Waals surface area contributed by atoms with E-state index in [0.717, 1.165) is 12.0 Å². The molecule has 3 aromatic heterocycles. The first-order valence-electron chi connectivity index (χ1n) is 15.2. The molecule has 0 spiro atoms. The van der Waals surface area contributed by atoms with Crippen LogP contribution in [-0.4, -0.2) is 45.0 Å². The summed E-state index contributed by atoms with van der Waals surface area (Å²) >= 11 is 0. The van der Waals surface area contributed by atoms with Crippen molar-refractivity contribution in [2.24, 2.45) is 0 Å². The minimum Gasteiger partial charge on any atom is -0.483 e. The summed E-state index contributed by atoms with van der Waals surface area (Å²) in [6, 6.07) is 4.01. The Hall–Kier alpha value is -3.96. The van der Waals surface area contributed by atoms with Crippen LogP contribution in [0.2, 0.25) is 0 Å². The third-order valence-electron chi connectivity index (χ3n) is 7.48. The first-order chi connectivity index (χ1) is 20.4. The molecule has 0 saturated heterocycles. The molecule has 12 nitrogen and oxygen atoms in total. The predicted molar refractivity (Wildman–Crippen MR) is 168 cm³/mol. The van der Waals surface area contributed by atoms with Gasteiger partial charge in [0.15, 0.2) is 11.5 Å². The minimum absolute atomic E-state index is 0.156. The van der Waals surface area contributed by atoms with Gasteiger partial charge in [0.1, 0.15) is 36.9 Å². The molecule has 4 rings (SSSR count). The average Bonchev–Trinajstić information content (AvgIpc) is 3.69. The molecule has 12 heteroatoms.